The third kappa shape index (κ3) is 4.53. The van der Waals surface area contributed by atoms with Gasteiger partial charge in [-0.25, -0.2) is 4.39 Å². The molecule has 2 aromatic carbocycles. The number of rotatable bonds is 5. The van der Waals surface area contributed by atoms with Gasteiger partial charge in [0.1, 0.15) is 11.6 Å². The van der Waals surface area contributed by atoms with Gasteiger partial charge in [0, 0.05) is 29.4 Å². The number of halogens is 1. The average Bonchev–Trinajstić information content (AvgIpc) is 3.24. The summed E-state index contributed by atoms with van der Waals surface area (Å²) in [5.74, 6) is 0.611. The highest BCUT2D eigenvalue weighted by Crippen LogP contribution is 2.38. The molecule has 1 fully saturated rings. The Balaban J connectivity index is 1.22. The van der Waals surface area contributed by atoms with E-state index in [9.17, 15) is 14.3 Å². The molecule has 1 aliphatic carbocycles. The Morgan fingerprint density at radius 1 is 1.12 bits per heavy atom. The molecule has 0 atom stereocenters. The summed E-state index contributed by atoms with van der Waals surface area (Å²) in [4.78, 5) is 20.6. The fourth-order valence-electron chi connectivity index (χ4n) is 5.16. The molecule has 5 nitrogen and oxygen atoms in total. The summed E-state index contributed by atoms with van der Waals surface area (Å²) >= 11 is 0. The van der Waals surface area contributed by atoms with Gasteiger partial charge in [-0.05, 0) is 92.5 Å². The lowest BCUT2D eigenvalue weighted by Crippen LogP contribution is -2.31. The van der Waals surface area contributed by atoms with Crippen molar-refractivity contribution < 1.29 is 14.3 Å². The van der Waals surface area contributed by atoms with Crippen LogP contribution in [-0.2, 0) is 0 Å². The van der Waals surface area contributed by atoms with Gasteiger partial charge in [0.2, 0.25) is 0 Å². The highest BCUT2D eigenvalue weighted by Gasteiger charge is 2.25. The molecule has 0 saturated heterocycles. The molecule has 4 aromatic rings. The van der Waals surface area contributed by atoms with Crippen molar-refractivity contribution in [2.75, 3.05) is 6.54 Å². The zero-order valence-electron chi connectivity index (χ0n) is 19.1. The number of hydrogen-bond acceptors (Lipinski definition) is 3. The van der Waals surface area contributed by atoms with Gasteiger partial charge in [-0.2, -0.15) is 0 Å². The fourth-order valence-corrected chi connectivity index (χ4v) is 5.16. The minimum absolute atomic E-state index is 0.111. The first-order valence-corrected chi connectivity index (χ1v) is 11.8. The van der Waals surface area contributed by atoms with E-state index in [1.807, 2.05) is 31.3 Å². The van der Waals surface area contributed by atoms with Crippen LogP contribution in [0.5, 0.6) is 5.75 Å². The molecule has 2 aromatic heterocycles. The number of aromatic hydroxyl groups is 1. The number of nitrogens with zero attached hydrogens (tertiary/aromatic N) is 1. The van der Waals surface area contributed by atoms with Crippen molar-refractivity contribution in [3.63, 3.8) is 0 Å². The molecule has 3 N–H and O–H groups in total. The standard InChI is InChI=1S/C28H28FN3O2/c1-17-13-25(27(32-17)20-3-2-4-22(33)14-20)28(34)31-16-18-5-7-19(8-6-18)23-11-12-30-26-10-9-21(29)15-24(23)26/h2-4,9-15,18-19,32-33H,5-8,16H2,1H3,(H,31,34). The summed E-state index contributed by atoms with van der Waals surface area (Å²) in [5.41, 5.74) is 4.97. The Labute approximate surface area is 198 Å². The topological polar surface area (TPSA) is 78.0 Å². The Bertz CT molecular complexity index is 1340. The number of carbonyl (C=O) groups is 1. The van der Waals surface area contributed by atoms with Gasteiger partial charge in [0.05, 0.1) is 16.8 Å². The number of carbonyl (C=O) groups excluding carboxylic acids is 1. The number of fused-ring (bicyclic) bond motifs is 1. The second-order valence-corrected chi connectivity index (χ2v) is 9.28. The lowest BCUT2D eigenvalue weighted by Gasteiger charge is -2.29. The summed E-state index contributed by atoms with van der Waals surface area (Å²) < 4.78 is 13.8. The Morgan fingerprint density at radius 2 is 1.94 bits per heavy atom. The first kappa shape index (κ1) is 22.1. The van der Waals surface area contributed by atoms with Crippen LogP contribution in [0.1, 0.15) is 53.2 Å². The minimum atomic E-state index is -0.233. The molecule has 2 heterocycles. The number of phenols is 1. The lowest BCUT2D eigenvalue weighted by molar-refractivity contribution is 0.0943. The highest BCUT2D eigenvalue weighted by molar-refractivity contribution is 6.00. The number of pyridine rings is 1. The zero-order chi connectivity index (χ0) is 23.7. The van der Waals surface area contributed by atoms with Gasteiger partial charge in [-0.15, -0.1) is 0 Å². The normalized spacial score (nSPS) is 18.2. The second-order valence-electron chi connectivity index (χ2n) is 9.28. The largest absolute Gasteiger partial charge is 0.508 e. The molecular weight excluding hydrogens is 429 g/mol. The van der Waals surface area contributed by atoms with E-state index in [1.165, 1.54) is 11.6 Å². The van der Waals surface area contributed by atoms with Crippen LogP contribution >= 0.6 is 0 Å². The van der Waals surface area contributed by atoms with E-state index in [0.717, 1.165) is 47.8 Å². The van der Waals surface area contributed by atoms with Crippen molar-refractivity contribution in [3.8, 4) is 17.0 Å². The SMILES string of the molecule is Cc1cc(C(=O)NCC2CCC(c3ccnc4ccc(F)cc34)CC2)c(-c2cccc(O)c2)[nH]1. The average molecular weight is 458 g/mol. The number of aromatic amines is 1. The van der Waals surface area contributed by atoms with Crippen LogP contribution in [0.4, 0.5) is 4.39 Å². The third-order valence-electron chi connectivity index (χ3n) is 6.91. The van der Waals surface area contributed by atoms with Gasteiger partial charge in [0.25, 0.3) is 5.91 Å². The van der Waals surface area contributed by atoms with E-state index in [4.69, 9.17) is 0 Å². The Hall–Kier alpha value is -3.67. The molecule has 1 aliphatic rings. The van der Waals surface area contributed by atoms with Gasteiger partial charge in [-0.1, -0.05) is 12.1 Å². The van der Waals surface area contributed by atoms with E-state index in [1.54, 1.807) is 30.3 Å². The molecule has 174 valence electrons. The molecule has 0 radical (unpaired) electrons. The van der Waals surface area contributed by atoms with Crippen LogP contribution in [0.3, 0.4) is 0 Å². The van der Waals surface area contributed by atoms with Crippen LogP contribution in [0.25, 0.3) is 22.2 Å². The van der Waals surface area contributed by atoms with E-state index in [0.29, 0.717) is 29.6 Å². The van der Waals surface area contributed by atoms with Crippen molar-refractivity contribution in [3.05, 3.63) is 83.4 Å². The zero-order valence-corrected chi connectivity index (χ0v) is 19.1. The quantitative estimate of drug-likeness (QED) is 0.339. The number of aromatic nitrogens is 2. The van der Waals surface area contributed by atoms with Crippen molar-refractivity contribution in [2.24, 2.45) is 5.92 Å². The number of phenolic OH excluding ortho intramolecular Hbond substituents is 1. The number of aryl methyl sites for hydroxylation is 1. The van der Waals surface area contributed by atoms with Gasteiger partial charge < -0.3 is 15.4 Å². The highest BCUT2D eigenvalue weighted by atomic mass is 19.1. The predicted molar refractivity (Wildman–Crippen MR) is 131 cm³/mol. The first-order valence-electron chi connectivity index (χ1n) is 11.8. The molecule has 1 amide bonds. The smallest absolute Gasteiger partial charge is 0.253 e. The predicted octanol–water partition coefficient (Wildman–Crippen LogP) is 6.09. The minimum Gasteiger partial charge on any atom is -0.508 e. The van der Waals surface area contributed by atoms with E-state index >= 15 is 0 Å². The molecule has 0 aliphatic heterocycles. The Kier molecular flexibility index (Phi) is 6.05. The number of amides is 1. The van der Waals surface area contributed by atoms with Crippen LogP contribution in [0, 0.1) is 18.7 Å². The molecule has 1 saturated carbocycles. The van der Waals surface area contributed by atoms with Crippen molar-refractivity contribution in [2.45, 2.75) is 38.5 Å². The molecule has 0 bridgehead atoms. The summed E-state index contributed by atoms with van der Waals surface area (Å²) in [7, 11) is 0. The lowest BCUT2D eigenvalue weighted by atomic mass is 9.78. The van der Waals surface area contributed by atoms with Crippen LogP contribution in [-0.4, -0.2) is 27.5 Å². The van der Waals surface area contributed by atoms with Crippen molar-refractivity contribution >= 4 is 16.8 Å². The van der Waals surface area contributed by atoms with Crippen LogP contribution < -0.4 is 5.32 Å². The van der Waals surface area contributed by atoms with Crippen LogP contribution in [0.15, 0.2) is 60.8 Å². The van der Waals surface area contributed by atoms with Crippen LogP contribution in [0.2, 0.25) is 0 Å². The molecule has 0 unspecified atom stereocenters. The summed E-state index contributed by atoms with van der Waals surface area (Å²) in [5, 5.41) is 13.8. The van der Waals surface area contributed by atoms with Crippen molar-refractivity contribution in [1.29, 1.82) is 0 Å². The number of hydrogen-bond donors (Lipinski definition) is 3. The summed E-state index contributed by atoms with van der Waals surface area (Å²) in [6, 6.07) is 15.6. The van der Waals surface area contributed by atoms with E-state index < -0.39 is 0 Å². The molecule has 0 spiro atoms. The monoisotopic (exact) mass is 457 g/mol. The molecule has 34 heavy (non-hydrogen) atoms. The third-order valence-corrected chi connectivity index (χ3v) is 6.91. The second kappa shape index (κ2) is 9.29. The maximum atomic E-state index is 13.8. The number of benzene rings is 2. The van der Waals surface area contributed by atoms with Gasteiger partial charge in [0.15, 0.2) is 0 Å². The number of nitrogens with one attached hydrogen (secondary N) is 2. The fraction of sp³-hybridized carbons (Fsp3) is 0.286. The maximum absolute atomic E-state index is 13.8. The molecule has 6 heteroatoms. The number of H-pyrrole nitrogens is 1. The van der Waals surface area contributed by atoms with Crippen molar-refractivity contribution in [1.82, 2.24) is 15.3 Å². The molecule has 5 rings (SSSR count). The Morgan fingerprint density at radius 3 is 2.74 bits per heavy atom. The summed E-state index contributed by atoms with van der Waals surface area (Å²) in [6.45, 7) is 2.54. The van der Waals surface area contributed by atoms with E-state index in [2.05, 4.69) is 15.3 Å². The molecular formula is C28H28FN3O2. The first-order chi connectivity index (χ1) is 16.5. The van der Waals surface area contributed by atoms with E-state index in [-0.39, 0.29) is 17.5 Å². The van der Waals surface area contributed by atoms with Gasteiger partial charge in [-0.3, -0.25) is 9.78 Å². The maximum Gasteiger partial charge on any atom is 0.253 e. The van der Waals surface area contributed by atoms with Gasteiger partial charge >= 0.3 is 0 Å². The summed E-state index contributed by atoms with van der Waals surface area (Å²) in [6.07, 6.45) is 5.85.